The molecule has 6 nitrogen and oxygen atoms in total. The first-order valence-corrected chi connectivity index (χ1v) is 10.2. The molecule has 0 aliphatic carbocycles. The number of ether oxygens (including phenoxy) is 1. The molecule has 1 aromatic carbocycles. The van der Waals surface area contributed by atoms with E-state index in [1.54, 1.807) is 0 Å². The fourth-order valence-electron chi connectivity index (χ4n) is 4.26. The van der Waals surface area contributed by atoms with Crippen LogP contribution in [0.5, 0.6) is 0 Å². The molecule has 3 fully saturated rings. The van der Waals surface area contributed by atoms with Crippen LogP contribution in [0.25, 0.3) is 0 Å². The highest BCUT2D eigenvalue weighted by Gasteiger charge is 2.26. The largest absolute Gasteiger partial charge is 0.377 e. The number of hydrogen-bond acceptors (Lipinski definition) is 4. The third-order valence-corrected chi connectivity index (χ3v) is 5.89. The molecule has 4 rings (SSSR count). The van der Waals surface area contributed by atoms with Crippen LogP contribution < -0.4 is 4.90 Å². The van der Waals surface area contributed by atoms with E-state index in [2.05, 4.69) is 4.90 Å². The van der Waals surface area contributed by atoms with E-state index in [0.29, 0.717) is 18.1 Å². The molecule has 0 saturated carbocycles. The Kier molecular flexibility index (Phi) is 5.74. The second-order valence-electron chi connectivity index (χ2n) is 7.78. The van der Waals surface area contributed by atoms with Crippen LogP contribution in [0.4, 0.5) is 5.69 Å². The van der Waals surface area contributed by atoms with E-state index in [1.807, 2.05) is 34.1 Å². The van der Waals surface area contributed by atoms with Gasteiger partial charge in [-0.1, -0.05) is 0 Å². The van der Waals surface area contributed by atoms with Crippen molar-refractivity contribution in [2.24, 2.45) is 0 Å². The Morgan fingerprint density at radius 2 is 1.78 bits per heavy atom. The van der Waals surface area contributed by atoms with Gasteiger partial charge in [0.2, 0.25) is 5.91 Å². The first kappa shape index (κ1) is 18.4. The fourth-order valence-corrected chi connectivity index (χ4v) is 4.26. The van der Waals surface area contributed by atoms with Gasteiger partial charge in [0.1, 0.15) is 0 Å². The maximum absolute atomic E-state index is 12.8. The lowest BCUT2D eigenvalue weighted by molar-refractivity contribution is -0.119. The van der Waals surface area contributed by atoms with Crippen LogP contribution in [0.15, 0.2) is 24.3 Å². The monoisotopic (exact) mass is 371 g/mol. The summed E-state index contributed by atoms with van der Waals surface area (Å²) in [5.74, 6) is 0.269. The topological polar surface area (TPSA) is 53.1 Å². The van der Waals surface area contributed by atoms with Crippen LogP contribution in [0.3, 0.4) is 0 Å². The number of rotatable bonds is 4. The van der Waals surface area contributed by atoms with Crippen LogP contribution in [0.1, 0.15) is 42.5 Å². The third kappa shape index (κ3) is 4.33. The van der Waals surface area contributed by atoms with Gasteiger partial charge >= 0.3 is 0 Å². The first-order valence-electron chi connectivity index (χ1n) is 10.2. The standard InChI is InChI=1S/C21H29N3O3/c25-20-5-1-2-10-24(20)18-8-6-17(7-9-18)21(26)23-13-11-22(12-14-23)16-19-4-3-15-27-19/h6-9,19H,1-5,10-16H2. The lowest BCUT2D eigenvalue weighted by Crippen LogP contribution is -2.50. The van der Waals surface area contributed by atoms with Crippen molar-refractivity contribution in [1.82, 2.24) is 9.80 Å². The van der Waals surface area contributed by atoms with Gasteiger partial charge in [0.25, 0.3) is 5.91 Å². The number of benzene rings is 1. The van der Waals surface area contributed by atoms with Crippen molar-refractivity contribution in [3.8, 4) is 0 Å². The van der Waals surface area contributed by atoms with Crippen molar-refractivity contribution in [1.29, 1.82) is 0 Å². The van der Waals surface area contributed by atoms with E-state index in [1.165, 1.54) is 6.42 Å². The van der Waals surface area contributed by atoms with Gasteiger partial charge < -0.3 is 14.5 Å². The Hall–Kier alpha value is -1.92. The van der Waals surface area contributed by atoms with Crippen molar-refractivity contribution in [3.05, 3.63) is 29.8 Å². The maximum Gasteiger partial charge on any atom is 0.253 e. The molecular weight excluding hydrogens is 342 g/mol. The number of piperidine rings is 1. The van der Waals surface area contributed by atoms with E-state index in [0.717, 1.165) is 70.8 Å². The summed E-state index contributed by atoms with van der Waals surface area (Å²) in [6.45, 7) is 6.00. The molecule has 6 heteroatoms. The van der Waals surface area contributed by atoms with Gasteiger partial charge in [-0.05, 0) is 49.9 Å². The molecule has 1 unspecified atom stereocenters. The van der Waals surface area contributed by atoms with Crippen molar-refractivity contribution in [3.63, 3.8) is 0 Å². The lowest BCUT2D eigenvalue weighted by Gasteiger charge is -2.35. The highest BCUT2D eigenvalue weighted by molar-refractivity contribution is 5.97. The molecule has 0 bridgehead atoms. The number of nitrogens with zero attached hydrogens (tertiary/aromatic N) is 3. The SMILES string of the molecule is O=C(c1ccc(N2CCCCC2=O)cc1)N1CCN(CC2CCCO2)CC1. The molecule has 0 spiro atoms. The third-order valence-electron chi connectivity index (χ3n) is 5.89. The predicted octanol–water partition coefficient (Wildman–Crippen LogP) is 2.14. The number of amides is 2. The average Bonchev–Trinajstić information content (AvgIpc) is 3.22. The molecule has 2 amide bonds. The van der Waals surface area contributed by atoms with Crippen molar-refractivity contribution in [2.45, 2.75) is 38.2 Å². The minimum atomic E-state index is 0.0864. The first-order chi connectivity index (χ1) is 13.2. The summed E-state index contributed by atoms with van der Waals surface area (Å²) >= 11 is 0. The lowest BCUT2D eigenvalue weighted by atomic mass is 10.1. The quantitative estimate of drug-likeness (QED) is 0.814. The van der Waals surface area contributed by atoms with Gasteiger partial charge in [0.05, 0.1) is 6.10 Å². The Morgan fingerprint density at radius 3 is 2.44 bits per heavy atom. The van der Waals surface area contributed by atoms with Gasteiger partial charge in [-0.3, -0.25) is 14.5 Å². The number of carbonyl (C=O) groups excluding carboxylic acids is 2. The predicted molar refractivity (Wildman–Crippen MR) is 104 cm³/mol. The van der Waals surface area contributed by atoms with E-state index >= 15 is 0 Å². The molecule has 1 aromatic rings. The van der Waals surface area contributed by atoms with E-state index < -0.39 is 0 Å². The average molecular weight is 371 g/mol. The van der Waals surface area contributed by atoms with Crippen LogP contribution in [-0.2, 0) is 9.53 Å². The highest BCUT2D eigenvalue weighted by Crippen LogP contribution is 2.22. The zero-order chi connectivity index (χ0) is 18.6. The fraction of sp³-hybridized carbons (Fsp3) is 0.619. The van der Waals surface area contributed by atoms with Gasteiger partial charge in [0.15, 0.2) is 0 Å². The molecule has 0 aromatic heterocycles. The molecule has 0 N–H and O–H groups in total. The molecule has 0 radical (unpaired) electrons. The summed E-state index contributed by atoms with van der Waals surface area (Å²) in [4.78, 5) is 31.0. The summed E-state index contributed by atoms with van der Waals surface area (Å²) < 4.78 is 5.72. The molecule has 3 saturated heterocycles. The van der Waals surface area contributed by atoms with Crippen LogP contribution in [0, 0.1) is 0 Å². The van der Waals surface area contributed by atoms with Gasteiger partial charge in [-0.25, -0.2) is 0 Å². The zero-order valence-corrected chi connectivity index (χ0v) is 15.9. The molecule has 3 aliphatic heterocycles. The highest BCUT2D eigenvalue weighted by atomic mass is 16.5. The molecule has 1 atom stereocenters. The second-order valence-corrected chi connectivity index (χ2v) is 7.78. The molecule has 146 valence electrons. The number of hydrogen-bond donors (Lipinski definition) is 0. The zero-order valence-electron chi connectivity index (χ0n) is 15.9. The minimum Gasteiger partial charge on any atom is -0.377 e. The molecule has 27 heavy (non-hydrogen) atoms. The van der Waals surface area contributed by atoms with Crippen LogP contribution in [0.2, 0.25) is 0 Å². The van der Waals surface area contributed by atoms with E-state index in [4.69, 9.17) is 4.74 Å². The summed E-state index contributed by atoms with van der Waals surface area (Å²) in [6.07, 6.45) is 5.34. The van der Waals surface area contributed by atoms with Crippen molar-refractivity contribution < 1.29 is 14.3 Å². The summed E-state index contributed by atoms with van der Waals surface area (Å²) in [5, 5.41) is 0. The Bertz CT molecular complexity index is 662. The van der Waals surface area contributed by atoms with Crippen LogP contribution >= 0.6 is 0 Å². The van der Waals surface area contributed by atoms with Crippen molar-refractivity contribution in [2.75, 3.05) is 50.8 Å². The maximum atomic E-state index is 12.8. The normalized spacial score (nSPS) is 24.4. The van der Waals surface area contributed by atoms with Crippen LogP contribution in [-0.4, -0.2) is 73.6 Å². The smallest absolute Gasteiger partial charge is 0.253 e. The Labute approximate surface area is 161 Å². The van der Waals surface area contributed by atoms with Crippen molar-refractivity contribution >= 4 is 17.5 Å². The molecule has 3 aliphatic rings. The van der Waals surface area contributed by atoms with Gasteiger partial charge in [0, 0.05) is 63.5 Å². The summed E-state index contributed by atoms with van der Waals surface area (Å²) in [6, 6.07) is 7.53. The van der Waals surface area contributed by atoms with E-state index in [9.17, 15) is 9.59 Å². The van der Waals surface area contributed by atoms with Gasteiger partial charge in [-0.15, -0.1) is 0 Å². The summed E-state index contributed by atoms with van der Waals surface area (Å²) in [7, 11) is 0. The second kappa shape index (κ2) is 8.40. The Morgan fingerprint density at radius 1 is 1.00 bits per heavy atom. The number of carbonyl (C=O) groups is 2. The number of piperazine rings is 1. The van der Waals surface area contributed by atoms with Gasteiger partial charge in [-0.2, -0.15) is 0 Å². The van der Waals surface area contributed by atoms with E-state index in [-0.39, 0.29) is 11.8 Å². The Balaban J connectivity index is 1.31. The minimum absolute atomic E-state index is 0.0864. The molecular formula is C21H29N3O3. The summed E-state index contributed by atoms with van der Waals surface area (Å²) in [5.41, 5.74) is 1.61. The number of anilines is 1. The molecule has 3 heterocycles.